The molecular formula is C24H26N6O4S2. The normalized spacial score (nSPS) is 12.4. The minimum Gasteiger partial charge on any atom is -0.460 e. The monoisotopic (exact) mass is 526 g/mol. The maximum Gasteiger partial charge on any atom is 0.308 e. The molecule has 0 bridgehead atoms. The molecule has 188 valence electrons. The molecule has 1 unspecified atom stereocenters. The van der Waals surface area contributed by atoms with E-state index in [1.807, 2.05) is 41.1 Å². The van der Waals surface area contributed by atoms with Gasteiger partial charge in [0.25, 0.3) is 0 Å². The number of thiazole rings is 1. The molecule has 0 saturated heterocycles. The Hall–Kier alpha value is -3.51. The standard InChI is InChI=1S/C24H26N6O4S2/c1-14(31)25-18(12-21(32)34-24(2,3)4)22(33)26-15-9-10-17-20(11-15)36-23(27-17)35-13-30-19-8-6-5-7-16(19)28-29-30/h5-11,18H,12-13H2,1-4H3,(H,25,31)(H,26,33). The Morgan fingerprint density at radius 3 is 2.67 bits per heavy atom. The van der Waals surface area contributed by atoms with E-state index in [1.165, 1.54) is 18.3 Å². The van der Waals surface area contributed by atoms with Crippen LogP contribution >= 0.6 is 23.1 Å². The summed E-state index contributed by atoms with van der Waals surface area (Å²) in [5.74, 6) is -0.936. The summed E-state index contributed by atoms with van der Waals surface area (Å²) >= 11 is 3.04. The van der Waals surface area contributed by atoms with Crippen LogP contribution in [0.15, 0.2) is 46.8 Å². The fraction of sp³-hybridized carbons (Fsp3) is 0.333. The van der Waals surface area contributed by atoms with Gasteiger partial charge in [0.1, 0.15) is 17.2 Å². The molecule has 0 fully saturated rings. The number of para-hydroxylation sites is 1. The number of carbonyl (C=O) groups excluding carboxylic acids is 3. The summed E-state index contributed by atoms with van der Waals surface area (Å²) in [6.45, 7) is 6.51. The highest BCUT2D eigenvalue weighted by atomic mass is 32.2. The van der Waals surface area contributed by atoms with Crippen LogP contribution in [0, 0.1) is 0 Å². The molecule has 2 N–H and O–H groups in total. The number of anilines is 1. The Morgan fingerprint density at radius 2 is 1.92 bits per heavy atom. The molecule has 4 rings (SSSR count). The van der Waals surface area contributed by atoms with Crippen molar-refractivity contribution < 1.29 is 19.1 Å². The van der Waals surface area contributed by atoms with Crippen LogP contribution in [0.3, 0.4) is 0 Å². The van der Waals surface area contributed by atoms with E-state index in [-0.39, 0.29) is 6.42 Å². The highest BCUT2D eigenvalue weighted by Gasteiger charge is 2.26. The number of benzene rings is 2. The SMILES string of the molecule is CC(=O)NC(CC(=O)OC(C)(C)C)C(=O)Nc1ccc2nc(SCn3nnc4ccccc43)sc2c1. The number of nitrogens with one attached hydrogen (secondary N) is 2. The molecule has 0 radical (unpaired) electrons. The van der Waals surface area contributed by atoms with Crippen molar-refractivity contribution in [1.29, 1.82) is 0 Å². The summed E-state index contributed by atoms with van der Waals surface area (Å²) in [5, 5.41) is 13.7. The Morgan fingerprint density at radius 1 is 1.14 bits per heavy atom. The number of fused-ring (bicyclic) bond motifs is 2. The van der Waals surface area contributed by atoms with Gasteiger partial charge in [0, 0.05) is 12.6 Å². The summed E-state index contributed by atoms with van der Waals surface area (Å²) in [5.41, 5.74) is 2.44. The Kier molecular flexibility index (Phi) is 7.55. The largest absolute Gasteiger partial charge is 0.460 e. The maximum atomic E-state index is 12.9. The van der Waals surface area contributed by atoms with Crippen molar-refractivity contribution in [2.75, 3.05) is 5.32 Å². The van der Waals surface area contributed by atoms with Crippen LogP contribution in [0.2, 0.25) is 0 Å². The first kappa shape index (κ1) is 25.6. The van der Waals surface area contributed by atoms with Gasteiger partial charge in [-0.3, -0.25) is 14.4 Å². The number of ether oxygens (including phenoxy) is 1. The number of aromatic nitrogens is 4. The van der Waals surface area contributed by atoms with E-state index in [0.717, 1.165) is 25.6 Å². The average molecular weight is 527 g/mol. The minimum absolute atomic E-state index is 0.275. The van der Waals surface area contributed by atoms with Crippen molar-refractivity contribution in [3.63, 3.8) is 0 Å². The third-order valence-electron chi connectivity index (χ3n) is 4.85. The molecule has 2 heterocycles. The van der Waals surface area contributed by atoms with Crippen molar-refractivity contribution >= 4 is 67.8 Å². The summed E-state index contributed by atoms with van der Waals surface area (Å²) in [6, 6.07) is 12.1. The predicted molar refractivity (Wildman–Crippen MR) is 140 cm³/mol. The zero-order chi connectivity index (χ0) is 25.9. The van der Waals surface area contributed by atoms with Crippen LogP contribution in [-0.4, -0.2) is 49.4 Å². The highest BCUT2D eigenvalue weighted by Crippen LogP contribution is 2.32. The smallest absolute Gasteiger partial charge is 0.308 e. The molecule has 12 heteroatoms. The lowest BCUT2D eigenvalue weighted by Gasteiger charge is -2.22. The fourth-order valence-corrected chi connectivity index (χ4v) is 5.39. The van der Waals surface area contributed by atoms with Crippen LogP contribution in [0.25, 0.3) is 21.3 Å². The lowest BCUT2D eigenvalue weighted by molar-refractivity contribution is -0.156. The van der Waals surface area contributed by atoms with E-state index in [4.69, 9.17) is 4.74 Å². The van der Waals surface area contributed by atoms with E-state index in [2.05, 4.69) is 25.9 Å². The van der Waals surface area contributed by atoms with Gasteiger partial charge < -0.3 is 15.4 Å². The quantitative estimate of drug-likeness (QED) is 0.261. The Balaban J connectivity index is 1.43. The molecule has 0 aliphatic heterocycles. The zero-order valence-corrected chi connectivity index (χ0v) is 21.9. The number of nitrogens with zero attached hydrogens (tertiary/aromatic N) is 4. The third kappa shape index (κ3) is 6.58. The molecular weight excluding hydrogens is 500 g/mol. The number of thioether (sulfide) groups is 1. The van der Waals surface area contributed by atoms with E-state index in [9.17, 15) is 14.4 Å². The van der Waals surface area contributed by atoms with E-state index in [0.29, 0.717) is 11.6 Å². The highest BCUT2D eigenvalue weighted by molar-refractivity contribution is 8.00. The second kappa shape index (κ2) is 10.6. The van der Waals surface area contributed by atoms with Gasteiger partial charge in [-0.25, -0.2) is 9.67 Å². The summed E-state index contributed by atoms with van der Waals surface area (Å²) in [4.78, 5) is 41.4. The molecule has 1 atom stereocenters. The Bertz CT molecular complexity index is 1430. The first-order valence-corrected chi connectivity index (χ1v) is 13.0. The molecule has 2 aromatic heterocycles. The van der Waals surface area contributed by atoms with Gasteiger partial charge in [-0.2, -0.15) is 0 Å². The molecule has 0 aliphatic carbocycles. The van der Waals surface area contributed by atoms with Gasteiger partial charge in [-0.1, -0.05) is 29.1 Å². The van der Waals surface area contributed by atoms with Gasteiger partial charge in [-0.05, 0) is 51.1 Å². The van der Waals surface area contributed by atoms with Gasteiger partial charge >= 0.3 is 5.97 Å². The number of hydrogen-bond acceptors (Lipinski definition) is 9. The van der Waals surface area contributed by atoms with E-state index in [1.54, 1.807) is 38.6 Å². The zero-order valence-electron chi connectivity index (χ0n) is 20.3. The van der Waals surface area contributed by atoms with Crippen LogP contribution in [0.4, 0.5) is 5.69 Å². The average Bonchev–Trinajstić information content (AvgIpc) is 3.39. The van der Waals surface area contributed by atoms with Crippen molar-refractivity contribution in [2.24, 2.45) is 0 Å². The third-order valence-corrected chi connectivity index (χ3v) is 6.98. The summed E-state index contributed by atoms with van der Waals surface area (Å²) in [6.07, 6.45) is -0.275. The van der Waals surface area contributed by atoms with Crippen molar-refractivity contribution in [3.05, 3.63) is 42.5 Å². The first-order valence-electron chi connectivity index (χ1n) is 11.2. The molecule has 4 aromatic rings. The fourth-order valence-electron chi connectivity index (χ4n) is 3.41. The van der Waals surface area contributed by atoms with E-state index >= 15 is 0 Å². The molecule has 0 aliphatic rings. The van der Waals surface area contributed by atoms with Crippen molar-refractivity contribution in [2.45, 2.75) is 56.0 Å². The van der Waals surface area contributed by atoms with Crippen LogP contribution in [0.5, 0.6) is 0 Å². The number of rotatable bonds is 8. The van der Waals surface area contributed by atoms with Gasteiger partial charge in [0.2, 0.25) is 11.8 Å². The van der Waals surface area contributed by atoms with Crippen LogP contribution in [-0.2, 0) is 25.0 Å². The lowest BCUT2D eigenvalue weighted by Crippen LogP contribution is -2.45. The summed E-state index contributed by atoms with van der Waals surface area (Å²) < 4.78 is 8.87. The topological polar surface area (TPSA) is 128 Å². The van der Waals surface area contributed by atoms with Crippen LogP contribution < -0.4 is 10.6 Å². The van der Waals surface area contributed by atoms with Gasteiger partial charge in [0.15, 0.2) is 4.34 Å². The second-order valence-electron chi connectivity index (χ2n) is 9.05. The van der Waals surface area contributed by atoms with Crippen molar-refractivity contribution in [3.8, 4) is 0 Å². The maximum absolute atomic E-state index is 12.9. The van der Waals surface area contributed by atoms with Crippen molar-refractivity contribution in [1.82, 2.24) is 25.3 Å². The Labute approximate surface area is 215 Å². The van der Waals surface area contributed by atoms with E-state index < -0.39 is 29.4 Å². The lowest BCUT2D eigenvalue weighted by atomic mass is 10.1. The predicted octanol–water partition coefficient (Wildman–Crippen LogP) is 3.97. The number of carbonyl (C=O) groups is 3. The molecule has 2 amide bonds. The summed E-state index contributed by atoms with van der Waals surface area (Å²) in [7, 11) is 0. The molecule has 0 spiro atoms. The second-order valence-corrected chi connectivity index (χ2v) is 11.3. The van der Waals surface area contributed by atoms with Gasteiger partial charge in [-0.15, -0.1) is 16.4 Å². The number of hydrogen-bond donors (Lipinski definition) is 2. The van der Waals surface area contributed by atoms with Gasteiger partial charge in [0.05, 0.1) is 28.0 Å². The number of amides is 2. The molecule has 36 heavy (non-hydrogen) atoms. The van der Waals surface area contributed by atoms with Crippen LogP contribution in [0.1, 0.15) is 34.1 Å². The molecule has 0 saturated carbocycles. The first-order chi connectivity index (χ1) is 17.1. The molecule has 2 aromatic carbocycles. The molecule has 10 nitrogen and oxygen atoms in total. The minimum atomic E-state index is -1.06. The number of esters is 1.